The number of carbonyl (C=O) groups is 1. The van der Waals surface area contributed by atoms with Gasteiger partial charge in [0.2, 0.25) is 5.91 Å². The van der Waals surface area contributed by atoms with Crippen molar-refractivity contribution in [2.75, 3.05) is 12.4 Å². The van der Waals surface area contributed by atoms with Gasteiger partial charge < -0.3 is 15.2 Å². The molecule has 1 amide bonds. The second-order valence-corrected chi connectivity index (χ2v) is 3.94. The number of aliphatic hydroxyl groups excluding tert-OH is 1. The zero-order valence-corrected chi connectivity index (χ0v) is 10.9. The van der Waals surface area contributed by atoms with Crippen LogP contribution in [-0.4, -0.2) is 23.2 Å². The monoisotopic (exact) mass is 253 g/mol. The number of nitrogens with one attached hydrogen (secondary N) is 1. The number of anilines is 1. The zero-order valence-electron chi connectivity index (χ0n) is 10.0. The summed E-state index contributed by atoms with van der Waals surface area (Å²) in [5.74, 6) is 0.291. The molecule has 0 unspecified atom stereocenters. The van der Waals surface area contributed by atoms with Gasteiger partial charge in [0.25, 0.3) is 0 Å². The molecule has 0 saturated carbocycles. The third-order valence-electron chi connectivity index (χ3n) is 2.35. The molecule has 4 nitrogen and oxygen atoms in total. The van der Waals surface area contributed by atoms with Gasteiger partial charge in [-0.3, -0.25) is 4.79 Å². The van der Waals surface area contributed by atoms with Crippen LogP contribution >= 0.6 is 12.2 Å². The quantitative estimate of drug-likeness (QED) is 0.809. The smallest absolute Gasteiger partial charge is 0.221 e. The summed E-state index contributed by atoms with van der Waals surface area (Å²) in [6, 6.07) is 3.39. The molecular formula is C12H15NO3S. The molecule has 2 N–H and O–H groups in total. The summed E-state index contributed by atoms with van der Waals surface area (Å²) in [5, 5.41) is 11.9. The fourth-order valence-electron chi connectivity index (χ4n) is 1.56. The Hall–Kier alpha value is -1.62. The number of aliphatic hydroxyl groups is 1. The van der Waals surface area contributed by atoms with Crippen molar-refractivity contribution in [2.45, 2.75) is 20.3 Å². The van der Waals surface area contributed by atoms with E-state index in [2.05, 4.69) is 5.32 Å². The molecule has 0 spiro atoms. The zero-order chi connectivity index (χ0) is 13.0. The van der Waals surface area contributed by atoms with E-state index in [-0.39, 0.29) is 11.0 Å². The average molecular weight is 253 g/mol. The van der Waals surface area contributed by atoms with E-state index in [1.807, 2.05) is 6.92 Å². The molecule has 0 fully saturated rings. The summed E-state index contributed by atoms with van der Waals surface area (Å²) in [6.45, 7) is 3.40. The molecule has 0 aliphatic rings. The minimum Gasteiger partial charge on any atom is -0.498 e. The number of hydrogen-bond donors (Lipinski definition) is 2. The van der Waals surface area contributed by atoms with Crippen LogP contribution in [0.15, 0.2) is 12.1 Å². The molecule has 0 saturated heterocycles. The van der Waals surface area contributed by atoms with Crippen LogP contribution in [0.1, 0.15) is 25.0 Å². The van der Waals surface area contributed by atoms with Crippen LogP contribution in [-0.2, 0) is 11.2 Å². The Morgan fingerprint density at radius 1 is 1.53 bits per heavy atom. The highest BCUT2D eigenvalue weighted by Crippen LogP contribution is 2.28. The van der Waals surface area contributed by atoms with Crippen LogP contribution < -0.4 is 10.1 Å². The molecule has 0 aliphatic heterocycles. The molecule has 1 aromatic rings. The van der Waals surface area contributed by atoms with Gasteiger partial charge in [-0.25, -0.2) is 0 Å². The summed E-state index contributed by atoms with van der Waals surface area (Å²) in [4.78, 5) is 11.1. The SMILES string of the molecule is CCc1cc(C(O)=S)c(OC)cc1NC(C)=O. The van der Waals surface area contributed by atoms with E-state index < -0.39 is 0 Å². The lowest BCUT2D eigenvalue weighted by molar-refractivity contribution is -0.114. The van der Waals surface area contributed by atoms with Gasteiger partial charge in [-0.05, 0) is 30.3 Å². The highest BCUT2D eigenvalue weighted by Gasteiger charge is 2.13. The highest BCUT2D eigenvalue weighted by molar-refractivity contribution is 7.80. The number of benzene rings is 1. The first kappa shape index (κ1) is 13.4. The lowest BCUT2D eigenvalue weighted by Crippen LogP contribution is -2.10. The highest BCUT2D eigenvalue weighted by atomic mass is 32.1. The first-order valence-corrected chi connectivity index (χ1v) is 5.62. The standard InChI is InChI=1S/C12H15NO3S/c1-4-8-5-9(12(15)17)11(16-3)6-10(8)13-7(2)14/h5-6H,4H2,1-3H3,(H,13,14)(H,15,17). The van der Waals surface area contributed by atoms with Crippen molar-refractivity contribution in [3.8, 4) is 5.75 Å². The summed E-state index contributed by atoms with van der Waals surface area (Å²) >= 11 is 4.74. The molecule has 0 atom stereocenters. The Bertz CT molecular complexity index is 457. The number of ether oxygens (including phenoxy) is 1. The largest absolute Gasteiger partial charge is 0.498 e. The van der Waals surface area contributed by atoms with Gasteiger partial charge in [-0.15, -0.1) is 0 Å². The molecule has 0 radical (unpaired) electrons. The Kier molecular flexibility index (Phi) is 4.45. The molecule has 5 heteroatoms. The van der Waals surface area contributed by atoms with Gasteiger partial charge in [0.05, 0.1) is 12.7 Å². The van der Waals surface area contributed by atoms with E-state index in [9.17, 15) is 9.90 Å². The number of hydrogen-bond acceptors (Lipinski definition) is 3. The number of methoxy groups -OCH3 is 1. The van der Waals surface area contributed by atoms with Crippen LogP contribution in [0.2, 0.25) is 0 Å². The van der Waals surface area contributed by atoms with Crippen LogP contribution in [0, 0.1) is 0 Å². The number of aryl methyl sites for hydroxylation is 1. The fraction of sp³-hybridized carbons (Fsp3) is 0.333. The van der Waals surface area contributed by atoms with E-state index >= 15 is 0 Å². The van der Waals surface area contributed by atoms with Gasteiger partial charge in [-0.1, -0.05) is 6.92 Å². The van der Waals surface area contributed by atoms with Crippen molar-refractivity contribution in [1.82, 2.24) is 0 Å². The second-order valence-electron chi connectivity index (χ2n) is 3.55. The Morgan fingerprint density at radius 3 is 2.59 bits per heavy atom. The number of thiocarbonyl (C=S) groups is 1. The third-order valence-corrected chi connectivity index (χ3v) is 2.57. The van der Waals surface area contributed by atoms with Crippen molar-refractivity contribution >= 4 is 28.9 Å². The maximum atomic E-state index is 11.1. The summed E-state index contributed by atoms with van der Waals surface area (Å²) < 4.78 is 5.13. The van der Waals surface area contributed by atoms with Gasteiger partial charge in [-0.2, -0.15) is 0 Å². The van der Waals surface area contributed by atoms with Gasteiger partial charge in [0.15, 0.2) is 5.05 Å². The van der Waals surface area contributed by atoms with Crippen LogP contribution in [0.4, 0.5) is 5.69 Å². The van der Waals surface area contributed by atoms with Crippen molar-refractivity contribution in [2.24, 2.45) is 0 Å². The molecular weight excluding hydrogens is 238 g/mol. The van der Waals surface area contributed by atoms with Crippen molar-refractivity contribution < 1.29 is 14.6 Å². The van der Waals surface area contributed by atoms with Crippen LogP contribution in [0.25, 0.3) is 0 Å². The summed E-state index contributed by atoms with van der Waals surface area (Å²) in [6.07, 6.45) is 0.717. The maximum absolute atomic E-state index is 11.1. The molecule has 17 heavy (non-hydrogen) atoms. The molecule has 1 rings (SSSR count). The fourth-order valence-corrected chi connectivity index (χ4v) is 1.72. The lowest BCUT2D eigenvalue weighted by atomic mass is 10.1. The molecule has 0 aromatic heterocycles. The third kappa shape index (κ3) is 3.17. The summed E-state index contributed by atoms with van der Waals surface area (Å²) in [7, 11) is 1.49. The topological polar surface area (TPSA) is 58.6 Å². The Morgan fingerprint density at radius 2 is 2.18 bits per heavy atom. The van der Waals surface area contributed by atoms with Crippen molar-refractivity contribution in [1.29, 1.82) is 0 Å². The minimum absolute atomic E-state index is 0.152. The summed E-state index contributed by atoms with van der Waals surface area (Å²) in [5.41, 5.74) is 2.04. The van der Waals surface area contributed by atoms with Crippen LogP contribution in [0.5, 0.6) is 5.75 Å². The second kappa shape index (κ2) is 5.63. The molecule has 0 bridgehead atoms. The number of amides is 1. The van der Waals surface area contributed by atoms with E-state index in [1.54, 1.807) is 12.1 Å². The molecule has 0 heterocycles. The lowest BCUT2D eigenvalue weighted by Gasteiger charge is -2.13. The minimum atomic E-state index is -0.217. The van der Waals surface area contributed by atoms with E-state index in [1.165, 1.54) is 14.0 Å². The maximum Gasteiger partial charge on any atom is 0.221 e. The average Bonchev–Trinajstić information content (AvgIpc) is 2.27. The number of rotatable bonds is 4. The normalized spacial score (nSPS) is 9.82. The van der Waals surface area contributed by atoms with Crippen molar-refractivity contribution in [3.63, 3.8) is 0 Å². The van der Waals surface area contributed by atoms with Gasteiger partial charge in [0.1, 0.15) is 5.75 Å². The first-order valence-electron chi connectivity index (χ1n) is 5.21. The van der Waals surface area contributed by atoms with Gasteiger partial charge in [0, 0.05) is 18.7 Å². The first-order chi connectivity index (χ1) is 7.99. The van der Waals surface area contributed by atoms with E-state index in [4.69, 9.17) is 17.0 Å². The predicted molar refractivity (Wildman–Crippen MR) is 71.0 cm³/mol. The number of carbonyl (C=O) groups excluding carboxylic acids is 1. The van der Waals surface area contributed by atoms with Crippen LogP contribution in [0.3, 0.4) is 0 Å². The molecule has 0 aliphatic carbocycles. The molecule has 92 valence electrons. The molecule has 1 aromatic carbocycles. The van der Waals surface area contributed by atoms with Crippen molar-refractivity contribution in [3.05, 3.63) is 23.3 Å². The Balaban J connectivity index is 3.32. The Labute approximate surface area is 106 Å². The van der Waals surface area contributed by atoms with E-state index in [0.717, 1.165) is 12.0 Å². The predicted octanol–water partition coefficient (Wildman–Crippen LogP) is 2.45. The van der Waals surface area contributed by atoms with E-state index in [0.29, 0.717) is 17.0 Å². The van der Waals surface area contributed by atoms with Gasteiger partial charge >= 0.3 is 0 Å².